The van der Waals surface area contributed by atoms with Gasteiger partial charge < -0.3 is 5.32 Å². The Morgan fingerprint density at radius 3 is 2.72 bits per heavy atom. The summed E-state index contributed by atoms with van der Waals surface area (Å²) in [7, 11) is 0. The molecule has 1 unspecified atom stereocenters. The second kappa shape index (κ2) is 5.67. The highest BCUT2D eigenvalue weighted by Crippen LogP contribution is 2.24. The van der Waals surface area contributed by atoms with Crippen LogP contribution in [0.4, 0.5) is 10.1 Å². The molecule has 5 heteroatoms. The summed E-state index contributed by atoms with van der Waals surface area (Å²) in [5.74, 6) is -0.265. The zero-order valence-electron chi connectivity index (χ0n) is 9.62. The van der Waals surface area contributed by atoms with Gasteiger partial charge in [0.1, 0.15) is 11.0 Å². The van der Waals surface area contributed by atoms with Crippen LogP contribution in [0.1, 0.15) is 18.5 Å². The standard InChI is InChI=1S/C13H11BrClFN2/c1-8(9-2-4-12(16)11(14)6-9)18-10-3-5-13(15)17-7-10/h2-8,18H,1H3. The van der Waals surface area contributed by atoms with E-state index < -0.39 is 0 Å². The van der Waals surface area contributed by atoms with E-state index in [9.17, 15) is 4.39 Å². The van der Waals surface area contributed by atoms with Crippen molar-refractivity contribution < 1.29 is 4.39 Å². The monoisotopic (exact) mass is 328 g/mol. The minimum Gasteiger partial charge on any atom is -0.377 e. The van der Waals surface area contributed by atoms with E-state index in [1.54, 1.807) is 24.4 Å². The Balaban J connectivity index is 2.13. The maximum atomic E-state index is 13.1. The number of pyridine rings is 1. The van der Waals surface area contributed by atoms with Crippen LogP contribution in [0.2, 0.25) is 5.15 Å². The van der Waals surface area contributed by atoms with Gasteiger partial charge in [0.2, 0.25) is 0 Å². The Morgan fingerprint density at radius 1 is 1.33 bits per heavy atom. The molecule has 0 bridgehead atoms. The van der Waals surface area contributed by atoms with Gasteiger partial charge in [-0.3, -0.25) is 0 Å². The molecule has 1 heterocycles. The molecule has 0 amide bonds. The average Bonchev–Trinajstić information content (AvgIpc) is 2.35. The minimum atomic E-state index is -0.265. The van der Waals surface area contributed by atoms with E-state index >= 15 is 0 Å². The lowest BCUT2D eigenvalue weighted by molar-refractivity contribution is 0.619. The Kier molecular flexibility index (Phi) is 4.19. The molecule has 0 saturated carbocycles. The fourth-order valence-corrected chi connectivity index (χ4v) is 2.08. The number of halogens is 3. The van der Waals surface area contributed by atoms with Gasteiger partial charge in [0.15, 0.2) is 0 Å². The third-order valence-corrected chi connectivity index (χ3v) is 3.39. The number of nitrogens with one attached hydrogen (secondary N) is 1. The van der Waals surface area contributed by atoms with Crippen LogP contribution in [0.15, 0.2) is 41.0 Å². The van der Waals surface area contributed by atoms with Crippen molar-refractivity contribution in [3.05, 3.63) is 57.5 Å². The van der Waals surface area contributed by atoms with Crippen molar-refractivity contribution in [1.82, 2.24) is 4.98 Å². The van der Waals surface area contributed by atoms with Gasteiger partial charge in [0.25, 0.3) is 0 Å². The molecule has 18 heavy (non-hydrogen) atoms. The number of nitrogens with zero attached hydrogens (tertiary/aromatic N) is 1. The van der Waals surface area contributed by atoms with Crippen molar-refractivity contribution in [2.24, 2.45) is 0 Å². The second-order valence-electron chi connectivity index (χ2n) is 3.91. The van der Waals surface area contributed by atoms with Crippen LogP contribution < -0.4 is 5.32 Å². The molecule has 0 radical (unpaired) electrons. The maximum Gasteiger partial charge on any atom is 0.137 e. The third kappa shape index (κ3) is 3.21. The normalized spacial score (nSPS) is 12.2. The van der Waals surface area contributed by atoms with Gasteiger partial charge >= 0.3 is 0 Å². The number of benzene rings is 1. The van der Waals surface area contributed by atoms with Crippen molar-refractivity contribution in [1.29, 1.82) is 0 Å². The van der Waals surface area contributed by atoms with Gasteiger partial charge in [-0.15, -0.1) is 0 Å². The van der Waals surface area contributed by atoms with Crippen molar-refractivity contribution >= 4 is 33.2 Å². The lowest BCUT2D eigenvalue weighted by atomic mass is 10.1. The molecule has 2 nitrogen and oxygen atoms in total. The highest BCUT2D eigenvalue weighted by atomic mass is 79.9. The number of rotatable bonds is 3. The van der Waals surface area contributed by atoms with Gasteiger partial charge in [-0.1, -0.05) is 17.7 Å². The summed E-state index contributed by atoms with van der Waals surface area (Å²) in [6.45, 7) is 1.99. The summed E-state index contributed by atoms with van der Waals surface area (Å²) in [5, 5.41) is 3.72. The largest absolute Gasteiger partial charge is 0.377 e. The molecule has 0 aliphatic carbocycles. The molecule has 0 aliphatic heterocycles. The third-order valence-electron chi connectivity index (χ3n) is 2.55. The molecular weight excluding hydrogens is 319 g/mol. The van der Waals surface area contributed by atoms with E-state index in [1.807, 2.05) is 13.0 Å². The zero-order valence-corrected chi connectivity index (χ0v) is 12.0. The Labute approximate surface area is 118 Å². The Hall–Kier alpha value is -1.13. The SMILES string of the molecule is CC(Nc1ccc(Cl)nc1)c1ccc(F)c(Br)c1. The van der Waals surface area contributed by atoms with E-state index in [1.165, 1.54) is 6.07 Å². The van der Waals surface area contributed by atoms with Crippen LogP contribution in [0.3, 0.4) is 0 Å². The van der Waals surface area contributed by atoms with Crippen LogP contribution in [0.25, 0.3) is 0 Å². The number of aromatic nitrogens is 1. The van der Waals surface area contributed by atoms with Crippen LogP contribution in [-0.4, -0.2) is 4.98 Å². The van der Waals surface area contributed by atoms with Crippen molar-refractivity contribution in [3.8, 4) is 0 Å². The quantitative estimate of drug-likeness (QED) is 0.817. The fraction of sp³-hybridized carbons (Fsp3) is 0.154. The Morgan fingerprint density at radius 2 is 2.11 bits per heavy atom. The smallest absolute Gasteiger partial charge is 0.137 e. The van der Waals surface area contributed by atoms with Crippen molar-refractivity contribution in [2.75, 3.05) is 5.32 Å². The summed E-state index contributed by atoms with van der Waals surface area (Å²) >= 11 is 8.89. The van der Waals surface area contributed by atoms with Gasteiger partial charge in [-0.25, -0.2) is 9.37 Å². The van der Waals surface area contributed by atoms with Gasteiger partial charge in [0.05, 0.1) is 16.4 Å². The molecule has 1 N–H and O–H groups in total. The molecule has 0 spiro atoms. The molecule has 94 valence electrons. The zero-order chi connectivity index (χ0) is 13.1. The molecule has 1 aromatic heterocycles. The summed E-state index contributed by atoms with van der Waals surface area (Å²) in [4.78, 5) is 3.99. The van der Waals surface area contributed by atoms with Gasteiger partial charge in [-0.2, -0.15) is 0 Å². The maximum absolute atomic E-state index is 13.1. The summed E-state index contributed by atoms with van der Waals surface area (Å²) in [6.07, 6.45) is 1.66. The minimum absolute atomic E-state index is 0.0462. The van der Waals surface area contributed by atoms with E-state index in [0.29, 0.717) is 9.63 Å². The highest BCUT2D eigenvalue weighted by Gasteiger charge is 2.08. The van der Waals surface area contributed by atoms with Crippen LogP contribution in [0, 0.1) is 5.82 Å². The van der Waals surface area contributed by atoms with Crippen molar-refractivity contribution in [3.63, 3.8) is 0 Å². The first-order chi connectivity index (χ1) is 8.56. The fourth-order valence-electron chi connectivity index (χ4n) is 1.58. The van der Waals surface area contributed by atoms with Gasteiger partial charge in [0, 0.05) is 6.04 Å². The summed E-state index contributed by atoms with van der Waals surface area (Å²) in [6, 6.07) is 8.57. The lowest BCUT2D eigenvalue weighted by Crippen LogP contribution is -2.07. The molecule has 0 aliphatic rings. The van der Waals surface area contributed by atoms with E-state index in [2.05, 4.69) is 26.2 Å². The molecule has 1 aromatic carbocycles. The van der Waals surface area contributed by atoms with Crippen LogP contribution in [-0.2, 0) is 0 Å². The molecule has 2 aromatic rings. The van der Waals surface area contributed by atoms with Gasteiger partial charge in [-0.05, 0) is 52.7 Å². The predicted octanol–water partition coefficient (Wildman–Crippen LogP) is 4.81. The first kappa shape index (κ1) is 13.3. The molecule has 2 rings (SSSR count). The number of anilines is 1. The van der Waals surface area contributed by atoms with E-state index in [-0.39, 0.29) is 11.9 Å². The highest BCUT2D eigenvalue weighted by molar-refractivity contribution is 9.10. The summed E-state index contributed by atoms with van der Waals surface area (Å²) < 4.78 is 13.6. The Bertz CT molecular complexity index is 545. The topological polar surface area (TPSA) is 24.9 Å². The molecule has 1 atom stereocenters. The second-order valence-corrected chi connectivity index (χ2v) is 5.15. The van der Waals surface area contributed by atoms with E-state index in [0.717, 1.165) is 11.3 Å². The summed E-state index contributed by atoms with van der Waals surface area (Å²) in [5.41, 5.74) is 1.85. The molecule has 0 fully saturated rings. The first-order valence-corrected chi connectivity index (χ1v) is 6.56. The first-order valence-electron chi connectivity index (χ1n) is 5.39. The predicted molar refractivity (Wildman–Crippen MR) is 75.4 cm³/mol. The number of hydrogen-bond acceptors (Lipinski definition) is 2. The number of hydrogen-bond donors (Lipinski definition) is 1. The lowest BCUT2D eigenvalue weighted by Gasteiger charge is -2.15. The molecular formula is C13H11BrClFN2. The molecule has 0 saturated heterocycles. The average molecular weight is 330 g/mol. The van der Waals surface area contributed by atoms with Crippen molar-refractivity contribution in [2.45, 2.75) is 13.0 Å². The van der Waals surface area contributed by atoms with Crippen LogP contribution >= 0.6 is 27.5 Å². The van der Waals surface area contributed by atoms with Crippen LogP contribution in [0.5, 0.6) is 0 Å². The van der Waals surface area contributed by atoms with E-state index in [4.69, 9.17) is 11.6 Å².